The molecule has 1 aliphatic rings. The summed E-state index contributed by atoms with van der Waals surface area (Å²) >= 11 is 0. The van der Waals surface area contributed by atoms with Crippen LogP contribution >= 0.6 is 0 Å². The normalized spacial score (nSPS) is 24.8. The van der Waals surface area contributed by atoms with Crippen LogP contribution in [0.15, 0.2) is 16.9 Å². The molecule has 2 unspecified atom stereocenters. The molecule has 0 radical (unpaired) electrons. The molecule has 1 aliphatic heterocycles. The molecular weight excluding hydrogens is 166 g/mol. The molecule has 1 aromatic rings. The van der Waals surface area contributed by atoms with Gasteiger partial charge >= 0.3 is 0 Å². The fourth-order valence-electron chi connectivity index (χ4n) is 1.91. The Morgan fingerprint density at radius 3 is 3.23 bits per heavy atom. The van der Waals surface area contributed by atoms with Crippen molar-refractivity contribution in [1.82, 2.24) is 15.6 Å². The van der Waals surface area contributed by atoms with Crippen molar-refractivity contribution in [2.45, 2.75) is 12.5 Å². The highest BCUT2D eigenvalue weighted by molar-refractivity contribution is 4.95. The number of oxazole rings is 1. The van der Waals surface area contributed by atoms with Gasteiger partial charge in [0.1, 0.15) is 6.26 Å². The Kier molecular flexibility index (Phi) is 2.61. The van der Waals surface area contributed by atoms with Gasteiger partial charge in [0.2, 0.25) is 5.89 Å². The van der Waals surface area contributed by atoms with Crippen molar-refractivity contribution >= 4 is 0 Å². The van der Waals surface area contributed by atoms with Crippen molar-refractivity contribution < 1.29 is 4.42 Å². The van der Waals surface area contributed by atoms with Crippen LogP contribution in [0, 0.1) is 5.92 Å². The Labute approximate surface area is 77.7 Å². The quantitative estimate of drug-likeness (QED) is 0.714. The first kappa shape index (κ1) is 8.72. The molecule has 0 spiro atoms. The van der Waals surface area contributed by atoms with Crippen LogP contribution in [0.1, 0.15) is 18.4 Å². The lowest BCUT2D eigenvalue weighted by molar-refractivity contribution is 0.330. The molecule has 0 aliphatic carbocycles. The summed E-state index contributed by atoms with van der Waals surface area (Å²) in [5.41, 5.74) is 0. The molecule has 0 aromatic carbocycles. The zero-order valence-corrected chi connectivity index (χ0v) is 7.79. The molecule has 1 fully saturated rings. The van der Waals surface area contributed by atoms with E-state index in [4.69, 9.17) is 4.42 Å². The number of hydrogen-bond donors (Lipinski definition) is 2. The highest BCUT2D eigenvalue weighted by Gasteiger charge is 2.27. The second-order valence-electron chi connectivity index (χ2n) is 3.39. The van der Waals surface area contributed by atoms with E-state index in [9.17, 15) is 0 Å². The molecule has 4 heteroatoms. The maximum Gasteiger partial charge on any atom is 0.211 e. The van der Waals surface area contributed by atoms with E-state index in [0.29, 0.717) is 5.92 Å². The number of rotatable bonds is 3. The lowest BCUT2D eigenvalue weighted by atomic mass is 9.99. The molecule has 72 valence electrons. The second-order valence-corrected chi connectivity index (χ2v) is 3.39. The fourth-order valence-corrected chi connectivity index (χ4v) is 1.91. The van der Waals surface area contributed by atoms with Crippen molar-refractivity contribution in [1.29, 1.82) is 0 Å². The minimum absolute atomic E-state index is 0.255. The predicted molar refractivity (Wildman–Crippen MR) is 49.3 cm³/mol. The maximum absolute atomic E-state index is 5.30. The van der Waals surface area contributed by atoms with Gasteiger partial charge < -0.3 is 15.1 Å². The number of aromatic nitrogens is 1. The summed E-state index contributed by atoms with van der Waals surface area (Å²) in [5, 5.41) is 6.59. The summed E-state index contributed by atoms with van der Waals surface area (Å²) in [7, 11) is 1.95. The Morgan fingerprint density at radius 1 is 1.77 bits per heavy atom. The summed E-state index contributed by atoms with van der Waals surface area (Å²) in [4.78, 5) is 4.18. The van der Waals surface area contributed by atoms with Gasteiger partial charge in [0, 0.05) is 0 Å². The van der Waals surface area contributed by atoms with E-state index >= 15 is 0 Å². The van der Waals surface area contributed by atoms with Crippen LogP contribution in [0.4, 0.5) is 0 Å². The van der Waals surface area contributed by atoms with Crippen LogP contribution in [-0.4, -0.2) is 25.1 Å². The smallest absolute Gasteiger partial charge is 0.211 e. The van der Waals surface area contributed by atoms with E-state index < -0.39 is 0 Å². The molecule has 13 heavy (non-hydrogen) atoms. The molecule has 2 rings (SSSR count). The highest BCUT2D eigenvalue weighted by Crippen LogP contribution is 2.24. The number of hydrogen-bond acceptors (Lipinski definition) is 4. The first-order chi connectivity index (χ1) is 6.42. The molecule has 0 bridgehead atoms. The molecule has 2 atom stereocenters. The summed E-state index contributed by atoms with van der Waals surface area (Å²) in [6.07, 6.45) is 4.51. The van der Waals surface area contributed by atoms with Crippen LogP contribution in [0.5, 0.6) is 0 Å². The third-order valence-corrected chi connectivity index (χ3v) is 2.60. The lowest BCUT2D eigenvalue weighted by Crippen LogP contribution is -2.27. The second kappa shape index (κ2) is 3.89. The van der Waals surface area contributed by atoms with Crippen LogP contribution in [0.25, 0.3) is 0 Å². The third kappa shape index (κ3) is 1.73. The van der Waals surface area contributed by atoms with Gasteiger partial charge in [-0.25, -0.2) is 4.98 Å². The van der Waals surface area contributed by atoms with Crippen LogP contribution in [-0.2, 0) is 0 Å². The standard InChI is InChI=1S/C9H15N3O/c1-10-8(7-2-3-11-6-7)9-12-4-5-13-9/h4-5,7-8,10-11H,2-3,6H2,1H3. The summed E-state index contributed by atoms with van der Waals surface area (Å²) in [6, 6.07) is 0.255. The Balaban J connectivity index is 2.08. The van der Waals surface area contributed by atoms with Crippen molar-refractivity contribution in [2.75, 3.05) is 20.1 Å². The van der Waals surface area contributed by atoms with Gasteiger partial charge in [0.05, 0.1) is 12.2 Å². The minimum Gasteiger partial charge on any atom is -0.447 e. The van der Waals surface area contributed by atoms with Crippen LogP contribution in [0.3, 0.4) is 0 Å². The van der Waals surface area contributed by atoms with E-state index in [-0.39, 0.29) is 6.04 Å². The largest absolute Gasteiger partial charge is 0.447 e. The van der Waals surface area contributed by atoms with Crippen LogP contribution < -0.4 is 10.6 Å². The maximum atomic E-state index is 5.30. The monoisotopic (exact) mass is 181 g/mol. The summed E-state index contributed by atoms with van der Waals surface area (Å²) in [5.74, 6) is 1.40. The lowest BCUT2D eigenvalue weighted by Gasteiger charge is -2.18. The summed E-state index contributed by atoms with van der Waals surface area (Å²) < 4.78 is 5.30. The Morgan fingerprint density at radius 2 is 2.69 bits per heavy atom. The van der Waals surface area contributed by atoms with Gasteiger partial charge in [-0.3, -0.25) is 0 Å². The first-order valence-corrected chi connectivity index (χ1v) is 4.69. The molecule has 1 aromatic heterocycles. The molecule has 4 nitrogen and oxygen atoms in total. The molecule has 0 saturated carbocycles. The van der Waals surface area contributed by atoms with Gasteiger partial charge in [-0.2, -0.15) is 0 Å². The average Bonchev–Trinajstić information content (AvgIpc) is 2.76. The van der Waals surface area contributed by atoms with Gasteiger partial charge in [-0.15, -0.1) is 0 Å². The predicted octanol–water partition coefficient (Wildman–Crippen LogP) is 0.545. The number of nitrogens with zero attached hydrogens (tertiary/aromatic N) is 1. The van der Waals surface area contributed by atoms with E-state index in [0.717, 1.165) is 19.0 Å². The van der Waals surface area contributed by atoms with E-state index in [1.165, 1.54) is 6.42 Å². The van der Waals surface area contributed by atoms with Gasteiger partial charge in [0.25, 0.3) is 0 Å². The molecule has 1 saturated heterocycles. The zero-order chi connectivity index (χ0) is 9.10. The minimum atomic E-state index is 0.255. The van der Waals surface area contributed by atoms with Gasteiger partial charge in [-0.05, 0) is 32.5 Å². The van der Waals surface area contributed by atoms with Gasteiger partial charge in [0.15, 0.2) is 0 Å². The summed E-state index contributed by atoms with van der Waals surface area (Å²) in [6.45, 7) is 2.15. The van der Waals surface area contributed by atoms with Crippen molar-refractivity contribution in [2.24, 2.45) is 5.92 Å². The topological polar surface area (TPSA) is 50.1 Å². The van der Waals surface area contributed by atoms with Crippen molar-refractivity contribution in [3.8, 4) is 0 Å². The van der Waals surface area contributed by atoms with E-state index in [1.54, 1.807) is 12.5 Å². The first-order valence-electron chi connectivity index (χ1n) is 4.69. The van der Waals surface area contributed by atoms with Crippen molar-refractivity contribution in [3.05, 3.63) is 18.4 Å². The Hall–Kier alpha value is -0.870. The Bertz CT molecular complexity index is 241. The van der Waals surface area contributed by atoms with E-state index in [2.05, 4.69) is 15.6 Å². The molecule has 2 N–H and O–H groups in total. The fraction of sp³-hybridized carbons (Fsp3) is 0.667. The number of nitrogens with one attached hydrogen (secondary N) is 2. The van der Waals surface area contributed by atoms with Crippen molar-refractivity contribution in [3.63, 3.8) is 0 Å². The third-order valence-electron chi connectivity index (χ3n) is 2.60. The van der Waals surface area contributed by atoms with Gasteiger partial charge in [-0.1, -0.05) is 0 Å². The van der Waals surface area contributed by atoms with Crippen LogP contribution in [0.2, 0.25) is 0 Å². The molecule has 0 amide bonds. The highest BCUT2D eigenvalue weighted by atomic mass is 16.3. The SMILES string of the molecule is CNC(c1ncco1)C1CCNC1. The molecular formula is C9H15N3O. The zero-order valence-electron chi connectivity index (χ0n) is 7.79. The van der Waals surface area contributed by atoms with E-state index in [1.807, 2.05) is 7.05 Å². The molecule has 2 heterocycles. The average molecular weight is 181 g/mol.